The van der Waals surface area contributed by atoms with E-state index in [1.165, 1.54) is 18.7 Å². The van der Waals surface area contributed by atoms with Gasteiger partial charge in [-0.05, 0) is 11.5 Å². The Kier molecular flexibility index (Phi) is 9.80. The average molecular weight is 380 g/mol. The van der Waals surface area contributed by atoms with Crippen LogP contribution in [-0.4, -0.2) is 53.9 Å². The van der Waals surface area contributed by atoms with Gasteiger partial charge >= 0.3 is 6.03 Å². The van der Waals surface area contributed by atoms with E-state index in [0.29, 0.717) is 25.3 Å². The third kappa shape index (κ3) is 8.38. The molecule has 0 spiro atoms. The van der Waals surface area contributed by atoms with Gasteiger partial charge in [0.25, 0.3) is 0 Å². The molecule has 3 amide bonds. The van der Waals surface area contributed by atoms with Gasteiger partial charge in [-0.3, -0.25) is 9.59 Å². The molecule has 0 bridgehead atoms. The van der Waals surface area contributed by atoms with Gasteiger partial charge in [0, 0.05) is 39.2 Å². The topological polar surface area (TPSA) is 78.5 Å². The molecule has 0 aliphatic rings. The van der Waals surface area contributed by atoms with E-state index in [9.17, 15) is 14.4 Å². The Morgan fingerprint density at radius 1 is 1.15 bits per heavy atom. The number of hydrogen-bond acceptors (Lipinski definition) is 4. The van der Waals surface area contributed by atoms with Gasteiger partial charge in [0.1, 0.15) is 6.04 Å². The minimum absolute atomic E-state index is 0.0298. The van der Waals surface area contributed by atoms with Crippen LogP contribution in [0.15, 0.2) is 30.3 Å². The van der Waals surface area contributed by atoms with Crippen LogP contribution in [0.1, 0.15) is 26.3 Å². The lowest BCUT2D eigenvalue weighted by Gasteiger charge is -2.27. The molecule has 1 aromatic rings. The van der Waals surface area contributed by atoms with Crippen molar-refractivity contribution in [1.82, 2.24) is 15.5 Å². The maximum absolute atomic E-state index is 12.7. The standard InChI is InChI=1S/C19H29N3O3S/c1-14(2)13-22(10-11-26-15(3)23)19(25)21-17(18(24)20-4)12-16-8-6-5-7-9-16/h5-9,14,17H,10-13H2,1-4H3,(H,20,24)(H,21,25)/t17-/m0/s1. The number of amides is 3. The second kappa shape index (κ2) is 11.6. The second-order valence-corrected chi connectivity index (χ2v) is 7.76. The molecule has 0 aliphatic heterocycles. The van der Waals surface area contributed by atoms with E-state index in [1.54, 1.807) is 11.9 Å². The fourth-order valence-electron chi connectivity index (χ4n) is 2.49. The first-order chi connectivity index (χ1) is 12.3. The van der Waals surface area contributed by atoms with Crippen LogP contribution in [-0.2, 0) is 16.0 Å². The summed E-state index contributed by atoms with van der Waals surface area (Å²) in [5.74, 6) is 0.596. The molecule has 6 nitrogen and oxygen atoms in total. The molecule has 1 aromatic carbocycles. The van der Waals surface area contributed by atoms with E-state index < -0.39 is 6.04 Å². The highest BCUT2D eigenvalue weighted by Gasteiger charge is 2.23. The van der Waals surface area contributed by atoms with Crippen molar-refractivity contribution >= 4 is 28.8 Å². The van der Waals surface area contributed by atoms with E-state index in [4.69, 9.17) is 0 Å². The zero-order valence-electron chi connectivity index (χ0n) is 16.0. The van der Waals surface area contributed by atoms with Crippen molar-refractivity contribution in [2.24, 2.45) is 5.92 Å². The lowest BCUT2D eigenvalue weighted by atomic mass is 10.1. The third-order valence-electron chi connectivity index (χ3n) is 3.68. The Morgan fingerprint density at radius 3 is 2.35 bits per heavy atom. The molecule has 0 fully saturated rings. The van der Waals surface area contributed by atoms with Gasteiger partial charge in [0.05, 0.1) is 0 Å². The van der Waals surface area contributed by atoms with Crippen molar-refractivity contribution < 1.29 is 14.4 Å². The number of thioether (sulfide) groups is 1. The predicted molar refractivity (Wildman–Crippen MR) is 106 cm³/mol. The molecule has 0 heterocycles. The Morgan fingerprint density at radius 2 is 1.81 bits per heavy atom. The minimum atomic E-state index is -0.648. The summed E-state index contributed by atoms with van der Waals surface area (Å²) in [5.41, 5.74) is 0.976. The maximum atomic E-state index is 12.7. The number of benzene rings is 1. The highest BCUT2D eigenvalue weighted by atomic mass is 32.2. The van der Waals surface area contributed by atoms with Gasteiger partial charge in [0.15, 0.2) is 5.12 Å². The van der Waals surface area contributed by atoms with Crippen LogP contribution in [0.3, 0.4) is 0 Å². The van der Waals surface area contributed by atoms with Crippen LogP contribution in [0.25, 0.3) is 0 Å². The molecular weight excluding hydrogens is 350 g/mol. The zero-order chi connectivity index (χ0) is 19.5. The second-order valence-electron chi connectivity index (χ2n) is 6.49. The van der Waals surface area contributed by atoms with Gasteiger partial charge in [0.2, 0.25) is 5.91 Å². The molecular formula is C19H29N3O3S. The zero-order valence-corrected chi connectivity index (χ0v) is 16.8. The fourth-order valence-corrected chi connectivity index (χ4v) is 3.09. The molecule has 7 heteroatoms. The summed E-state index contributed by atoms with van der Waals surface area (Å²) in [6.07, 6.45) is 0.421. The predicted octanol–water partition coefficient (Wildman–Crippen LogP) is 2.29. The summed E-state index contributed by atoms with van der Waals surface area (Å²) < 4.78 is 0. The van der Waals surface area contributed by atoms with Gasteiger partial charge in [-0.15, -0.1) is 0 Å². The molecule has 0 aromatic heterocycles. The molecule has 1 atom stereocenters. The van der Waals surface area contributed by atoms with Crippen molar-refractivity contribution in [2.45, 2.75) is 33.2 Å². The summed E-state index contributed by atoms with van der Waals surface area (Å²) in [6, 6.07) is 8.64. The Balaban J connectivity index is 2.78. The molecule has 1 rings (SSSR count). The van der Waals surface area contributed by atoms with Crippen LogP contribution in [0, 0.1) is 5.92 Å². The Labute approximate surface area is 160 Å². The number of carbonyl (C=O) groups is 3. The van der Waals surface area contributed by atoms with Crippen LogP contribution < -0.4 is 10.6 Å². The fraction of sp³-hybridized carbons (Fsp3) is 0.526. The first-order valence-corrected chi connectivity index (χ1v) is 9.76. The molecule has 144 valence electrons. The maximum Gasteiger partial charge on any atom is 0.318 e. The monoisotopic (exact) mass is 379 g/mol. The summed E-state index contributed by atoms with van der Waals surface area (Å²) in [7, 11) is 1.56. The van der Waals surface area contributed by atoms with E-state index in [-0.39, 0.29) is 23.0 Å². The number of urea groups is 1. The average Bonchev–Trinajstić information content (AvgIpc) is 2.59. The third-order valence-corrected chi connectivity index (χ3v) is 4.48. The number of nitrogens with zero attached hydrogens (tertiary/aromatic N) is 1. The van der Waals surface area contributed by atoms with E-state index in [1.807, 2.05) is 44.2 Å². The lowest BCUT2D eigenvalue weighted by molar-refractivity contribution is -0.122. The quantitative estimate of drug-likeness (QED) is 0.690. The van der Waals surface area contributed by atoms with Crippen LogP contribution in [0.2, 0.25) is 0 Å². The first kappa shape index (κ1) is 22.0. The molecule has 0 saturated carbocycles. The molecule has 0 aliphatic carbocycles. The normalized spacial score (nSPS) is 11.7. The number of nitrogens with one attached hydrogen (secondary N) is 2. The summed E-state index contributed by atoms with van der Waals surface area (Å²) >= 11 is 1.20. The van der Waals surface area contributed by atoms with Crippen molar-refractivity contribution in [1.29, 1.82) is 0 Å². The first-order valence-electron chi connectivity index (χ1n) is 8.77. The van der Waals surface area contributed by atoms with Gasteiger partial charge in [-0.2, -0.15) is 0 Å². The van der Waals surface area contributed by atoms with Crippen molar-refractivity contribution in [3.63, 3.8) is 0 Å². The molecule has 0 unspecified atom stereocenters. The number of rotatable bonds is 9. The van der Waals surface area contributed by atoms with E-state index in [2.05, 4.69) is 10.6 Å². The molecule has 0 radical (unpaired) electrons. The van der Waals surface area contributed by atoms with Crippen molar-refractivity contribution in [3.05, 3.63) is 35.9 Å². The number of carbonyl (C=O) groups excluding carboxylic acids is 3. The summed E-state index contributed by atoms with van der Waals surface area (Å²) in [6.45, 7) is 6.59. The Bertz CT molecular complexity index is 593. The van der Waals surface area contributed by atoms with Crippen LogP contribution >= 0.6 is 11.8 Å². The lowest BCUT2D eigenvalue weighted by Crippen LogP contribution is -2.52. The number of likely N-dealkylation sites (N-methyl/N-ethyl adjacent to an activating group) is 1. The minimum Gasteiger partial charge on any atom is -0.357 e. The van der Waals surface area contributed by atoms with Crippen molar-refractivity contribution in [3.8, 4) is 0 Å². The highest BCUT2D eigenvalue weighted by molar-refractivity contribution is 8.13. The van der Waals surface area contributed by atoms with Crippen molar-refractivity contribution in [2.75, 3.05) is 25.9 Å². The molecule has 0 saturated heterocycles. The van der Waals surface area contributed by atoms with E-state index >= 15 is 0 Å². The van der Waals surface area contributed by atoms with Crippen LogP contribution in [0.5, 0.6) is 0 Å². The van der Waals surface area contributed by atoms with Gasteiger partial charge in [-0.1, -0.05) is 55.9 Å². The summed E-state index contributed by atoms with van der Waals surface area (Å²) in [5, 5.41) is 5.48. The van der Waals surface area contributed by atoms with E-state index in [0.717, 1.165) is 5.56 Å². The highest BCUT2D eigenvalue weighted by Crippen LogP contribution is 2.08. The summed E-state index contributed by atoms with van der Waals surface area (Å²) in [4.78, 5) is 37.7. The Hall–Kier alpha value is -2.02. The largest absolute Gasteiger partial charge is 0.357 e. The van der Waals surface area contributed by atoms with Gasteiger partial charge in [-0.25, -0.2) is 4.79 Å². The smallest absolute Gasteiger partial charge is 0.318 e. The molecule has 26 heavy (non-hydrogen) atoms. The molecule has 2 N–H and O–H groups in total. The number of hydrogen-bond donors (Lipinski definition) is 2. The SMILES string of the molecule is CNC(=O)[C@H](Cc1ccccc1)NC(=O)N(CCSC(C)=O)CC(C)C. The van der Waals surface area contributed by atoms with Crippen LogP contribution in [0.4, 0.5) is 4.79 Å². The van der Waals surface area contributed by atoms with Gasteiger partial charge < -0.3 is 15.5 Å².